The Bertz CT molecular complexity index is 1070. The summed E-state index contributed by atoms with van der Waals surface area (Å²) in [7, 11) is 0. The summed E-state index contributed by atoms with van der Waals surface area (Å²) in [5, 5.41) is 50.2. The van der Waals surface area contributed by atoms with E-state index in [9.17, 15) is 25.9 Å². The first-order valence-electron chi connectivity index (χ1n) is 9.51. The van der Waals surface area contributed by atoms with Gasteiger partial charge in [-0.15, -0.1) is 0 Å². The molecule has 2 aliphatic rings. The van der Waals surface area contributed by atoms with E-state index in [1.165, 1.54) is 0 Å². The third-order valence-electron chi connectivity index (χ3n) is 6.41. The number of nitriles is 3. The van der Waals surface area contributed by atoms with Crippen molar-refractivity contribution in [1.29, 1.82) is 21.2 Å². The van der Waals surface area contributed by atoms with E-state index in [1.807, 2.05) is 25.1 Å². The number of rotatable bonds is 2. The topological polar surface area (TPSA) is 138 Å². The van der Waals surface area contributed by atoms with Gasteiger partial charge < -0.3 is 5.41 Å². The summed E-state index contributed by atoms with van der Waals surface area (Å²) < 4.78 is 0. The maximum Gasteiger partial charge on any atom is 0.275 e. The van der Waals surface area contributed by atoms with Crippen LogP contribution in [0.15, 0.2) is 17.7 Å². The number of fused-ring (bicyclic) bond motifs is 1. The SMILES string of the molecule is Cc1cc(C)c([N+](=O)[O-])c(C)c1[C@H]1[C@@H]2CCCC=C2[C@@H](C#N)C(=N)C1(C#N)C#N. The second-order valence-electron chi connectivity index (χ2n) is 7.88. The third-order valence-corrected chi connectivity index (χ3v) is 6.41. The van der Waals surface area contributed by atoms with Gasteiger partial charge in [-0.2, -0.15) is 15.8 Å². The minimum absolute atomic E-state index is 0.0225. The van der Waals surface area contributed by atoms with E-state index in [0.717, 1.165) is 24.0 Å². The smallest absolute Gasteiger partial charge is 0.275 e. The molecule has 0 aliphatic heterocycles. The summed E-state index contributed by atoms with van der Waals surface area (Å²) in [4.78, 5) is 11.3. The Morgan fingerprint density at radius 2 is 1.86 bits per heavy atom. The van der Waals surface area contributed by atoms with Crippen molar-refractivity contribution in [3.63, 3.8) is 0 Å². The molecule has 29 heavy (non-hydrogen) atoms. The van der Waals surface area contributed by atoms with Crippen molar-refractivity contribution in [2.45, 2.75) is 46.0 Å². The third kappa shape index (κ3) is 2.72. The maximum atomic E-state index is 11.7. The molecule has 1 aromatic carbocycles. The Morgan fingerprint density at radius 1 is 1.21 bits per heavy atom. The van der Waals surface area contributed by atoms with Crippen LogP contribution in [0.1, 0.15) is 47.4 Å². The molecule has 1 saturated carbocycles. The number of nitro benzene ring substituents is 1. The lowest BCUT2D eigenvalue weighted by atomic mass is 9.52. The van der Waals surface area contributed by atoms with Crippen LogP contribution in [0.5, 0.6) is 0 Å². The lowest BCUT2D eigenvalue weighted by Gasteiger charge is -2.46. The van der Waals surface area contributed by atoms with Gasteiger partial charge in [0, 0.05) is 17.0 Å². The van der Waals surface area contributed by atoms with Crippen LogP contribution in [0, 0.1) is 87.5 Å². The van der Waals surface area contributed by atoms with Crippen LogP contribution < -0.4 is 0 Å². The molecule has 0 heterocycles. The first-order chi connectivity index (χ1) is 13.7. The number of hydrogen-bond acceptors (Lipinski definition) is 6. The van der Waals surface area contributed by atoms with Crippen LogP contribution in [-0.2, 0) is 0 Å². The van der Waals surface area contributed by atoms with Crippen molar-refractivity contribution in [3.05, 3.63) is 50.1 Å². The van der Waals surface area contributed by atoms with Crippen LogP contribution >= 0.6 is 0 Å². The highest BCUT2D eigenvalue weighted by atomic mass is 16.6. The van der Waals surface area contributed by atoms with E-state index in [4.69, 9.17) is 5.41 Å². The van der Waals surface area contributed by atoms with Crippen molar-refractivity contribution < 1.29 is 4.92 Å². The van der Waals surface area contributed by atoms with Crippen molar-refractivity contribution in [3.8, 4) is 18.2 Å². The van der Waals surface area contributed by atoms with Gasteiger partial charge in [-0.3, -0.25) is 10.1 Å². The van der Waals surface area contributed by atoms with Gasteiger partial charge in [-0.1, -0.05) is 6.08 Å². The lowest BCUT2D eigenvalue weighted by Crippen LogP contribution is -2.49. The lowest BCUT2D eigenvalue weighted by molar-refractivity contribution is -0.386. The zero-order valence-electron chi connectivity index (χ0n) is 16.6. The predicted octanol–water partition coefficient (Wildman–Crippen LogP) is 4.54. The van der Waals surface area contributed by atoms with Gasteiger partial charge in [0.25, 0.3) is 5.69 Å². The molecule has 1 aromatic rings. The molecule has 0 spiro atoms. The number of allylic oxidation sites excluding steroid dienone is 2. The van der Waals surface area contributed by atoms with Gasteiger partial charge in [-0.05, 0) is 68.7 Å². The molecule has 2 aliphatic carbocycles. The molecule has 1 fully saturated rings. The molecular formula is C22H21N5O2. The van der Waals surface area contributed by atoms with Gasteiger partial charge in [0.05, 0.1) is 28.8 Å². The van der Waals surface area contributed by atoms with E-state index in [2.05, 4.69) is 6.07 Å². The summed E-state index contributed by atoms with van der Waals surface area (Å²) >= 11 is 0. The second-order valence-corrected chi connectivity index (χ2v) is 7.88. The Morgan fingerprint density at radius 3 is 2.41 bits per heavy atom. The monoisotopic (exact) mass is 387 g/mol. The fourth-order valence-electron chi connectivity index (χ4n) is 5.27. The standard InChI is InChI=1S/C22H21N5O2/c1-12-8-13(2)20(27(28)29)14(3)18(12)19-16-7-5-4-6-15(16)17(9-23)21(26)22(19,10-24)11-25/h6,8,16-17,19,26H,4-5,7H2,1-3H3/t16-,17-,19-/m1/s1. The van der Waals surface area contributed by atoms with Crippen molar-refractivity contribution >= 4 is 11.4 Å². The molecule has 7 nitrogen and oxygen atoms in total. The normalized spacial score (nSPS) is 25.0. The molecule has 7 heteroatoms. The molecule has 3 atom stereocenters. The second kappa shape index (κ2) is 7.15. The first-order valence-corrected chi connectivity index (χ1v) is 9.51. The molecule has 0 bridgehead atoms. The highest BCUT2D eigenvalue weighted by Gasteiger charge is 2.58. The number of hydrogen-bond donors (Lipinski definition) is 1. The molecule has 0 saturated heterocycles. The summed E-state index contributed by atoms with van der Waals surface area (Å²) in [5.74, 6) is -1.90. The largest absolute Gasteiger partial charge is 0.305 e. The zero-order valence-corrected chi connectivity index (χ0v) is 16.6. The molecule has 3 rings (SSSR count). The van der Waals surface area contributed by atoms with E-state index >= 15 is 0 Å². The molecular weight excluding hydrogens is 366 g/mol. The highest BCUT2D eigenvalue weighted by molar-refractivity contribution is 6.01. The Kier molecular flexibility index (Phi) is 4.99. The van der Waals surface area contributed by atoms with E-state index in [0.29, 0.717) is 23.1 Å². The average Bonchev–Trinajstić information content (AvgIpc) is 2.68. The number of aryl methyl sites for hydroxylation is 2. The summed E-state index contributed by atoms with van der Waals surface area (Å²) in [5.41, 5.74) is 0.999. The van der Waals surface area contributed by atoms with E-state index < -0.39 is 22.2 Å². The van der Waals surface area contributed by atoms with Gasteiger partial charge in [0.15, 0.2) is 5.41 Å². The maximum absolute atomic E-state index is 11.7. The molecule has 146 valence electrons. The van der Waals surface area contributed by atoms with Gasteiger partial charge in [0.2, 0.25) is 0 Å². The number of benzene rings is 1. The molecule has 1 N–H and O–H groups in total. The van der Waals surface area contributed by atoms with Crippen LogP contribution in [0.2, 0.25) is 0 Å². The van der Waals surface area contributed by atoms with Crippen molar-refractivity contribution in [2.24, 2.45) is 17.3 Å². The number of nitrogens with one attached hydrogen (secondary N) is 1. The van der Waals surface area contributed by atoms with E-state index in [1.54, 1.807) is 19.9 Å². The minimum atomic E-state index is -1.83. The van der Waals surface area contributed by atoms with Crippen LogP contribution in [0.25, 0.3) is 0 Å². The van der Waals surface area contributed by atoms with Gasteiger partial charge >= 0.3 is 0 Å². The predicted molar refractivity (Wildman–Crippen MR) is 106 cm³/mol. The minimum Gasteiger partial charge on any atom is -0.305 e. The first kappa shape index (κ1) is 20.2. The van der Waals surface area contributed by atoms with Crippen LogP contribution in [0.3, 0.4) is 0 Å². The zero-order chi connectivity index (χ0) is 21.5. The summed E-state index contributed by atoms with van der Waals surface area (Å²) in [6.07, 6.45) is 4.25. The summed E-state index contributed by atoms with van der Waals surface area (Å²) in [6.45, 7) is 5.15. The summed E-state index contributed by atoms with van der Waals surface area (Å²) in [6, 6.07) is 7.92. The molecule has 0 aromatic heterocycles. The quantitative estimate of drug-likeness (QED) is 0.451. The van der Waals surface area contributed by atoms with Crippen molar-refractivity contribution in [2.75, 3.05) is 0 Å². The molecule has 0 radical (unpaired) electrons. The van der Waals surface area contributed by atoms with Gasteiger partial charge in [-0.25, -0.2) is 0 Å². The van der Waals surface area contributed by atoms with Crippen molar-refractivity contribution in [1.82, 2.24) is 0 Å². The number of nitro groups is 1. The van der Waals surface area contributed by atoms with Crippen LogP contribution in [-0.4, -0.2) is 10.6 Å². The number of nitrogens with zero attached hydrogens (tertiary/aromatic N) is 4. The molecule has 0 unspecified atom stereocenters. The Hall–Kier alpha value is -3.50. The fourth-order valence-corrected chi connectivity index (χ4v) is 5.27. The Balaban J connectivity index is 2.41. The highest BCUT2D eigenvalue weighted by Crippen LogP contribution is 2.56. The van der Waals surface area contributed by atoms with Crippen LogP contribution in [0.4, 0.5) is 5.69 Å². The fraction of sp³-hybridized carbons (Fsp3) is 0.455. The average molecular weight is 387 g/mol. The molecule has 0 amide bonds. The van der Waals surface area contributed by atoms with Gasteiger partial charge in [0.1, 0.15) is 5.92 Å². The van der Waals surface area contributed by atoms with E-state index in [-0.39, 0.29) is 17.3 Å². The Labute approximate surface area is 169 Å².